The molecule has 1 aromatic carbocycles. The van der Waals surface area contributed by atoms with Crippen molar-refractivity contribution in [3.8, 4) is 17.2 Å². The minimum Gasteiger partial charge on any atom is -0.493 e. The third kappa shape index (κ3) is 8.90. The number of hydrogen-bond acceptors (Lipinski definition) is 4. The van der Waals surface area contributed by atoms with Gasteiger partial charge in [-0.15, -0.1) is 24.0 Å². The van der Waals surface area contributed by atoms with Crippen molar-refractivity contribution >= 4 is 29.9 Å². The summed E-state index contributed by atoms with van der Waals surface area (Å²) in [4.78, 5) is 4.70. The van der Waals surface area contributed by atoms with Crippen molar-refractivity contribution in [2.75, 3.05) is 27.9 Å². The van der Waals surface area contributed by atoms with E-state index in [1.807, 2.05) is 12.1 Å². The molecule has 1 atom stereocenters. The first-order valence-electron chi connectivity index (χ1n) is 9.28. The fourth-order valence-electron chi connectivity index (χ4n) is 2.61. The van der Waals surface area contributed by atoms with Gasteiger partial charge in [0, 0.05) is 12.6 Å². The predicted molar refractivity (Wildman–Crippen MR) is 123 cm³/mol. The van der Waals surface area contributed by atoms with Crippen molar-refractivity contribution in [3.05, 3.63) is 17.7 Å². The molecule has 1 rings (SSSR count). The maximum atomic E-state index is 5.41. The predicted octanol–water partition coefficient (Wildman–Crippen LogP) is 4.21. The van der Waals surface area contributed by atoms with E-state index in [1.165, 1.54) is 6.42 Å². The third-order valence-corrected chi connectivity index (χ3v) is 4.05. The van der Waals surface area contributed by atoms with Gasteiger partial charge < -0.3 is 24.8 Å². The molecule has 0 saturated heterocycles. The average Bonchev–Trinajstić information content (AvgIpc) is 2.63. The molecule has 1 unspecified atom stereocenters. The summed E-state index contributed by atoms with van der Waals surface area (Å²) >= 11 is 0. The van der Waals surface area contributed by atoms with Crippen molar-refractivity contribution in [3.63, 3.8) is 0 Å². The van der Waals surface area contributed by atoms with E-state index in [0.717, 1.165) is 24.5 Å². The van der Waals surface area contributed by atoms with Crippen LogP contribution in [0.3, 0.4) is 0 Å². The van der Waals surface area contributed by atoms with E-state index in [-0.39, 0.29) is 24.0 Å². The van der Waals surface area contributed by atoms with Gasteiger partial charge >= 0.3 is 0 Å². The molecule has 0 aliphatic heterocycles. The van der Waals surface area contributed by atoms with Crippen LogP contribution in [0.15, 0.2) is 17.1 Å². The Bertz CT molecular complexity index is 555. The zero-order valence-electron chi connectivity index (χ0n) is 17.7. The molecular weight excluding hydrogens is 457 g/mol. The second-order valence-electron chi connectivity index (χ2n) is 6.75. The van der Waals surface area contributed by atoms with E-state index in [0.29, 0.717) is 35.8 Å². The van der Waals surface area contributed by atoms with Gasteiger partial charge in [-0.1, -0.05) is 13.8 Å². The van der Waals surface area contributed by atoms with Crippen LogP contribution in [0, 0.1) is 5.92 Å². The summed E-state index contributed by atoms with van der Waals surface area (Å²) in [7, 11) is 4.84. The Morgan fingerprint density at radius 3 is 2.04 bits per heavy atom. The smallest absolute Gasteiger partial charge is 0.203 e. The Hall–Kier alpha value is -1.38. The van der Waals surface area contributed by atoms with Gasteiger partial charge in [0.15, 0.2) is 17.5 Å². The highest BCUT2D eigenvalue weighted by Crippen LogP contribution is 2.38. The van der Waals surface area contributed by atoms with E-state index in [2.05, 4.69) is 38.3 Å². The maximum absolute atomic E-state index is 5.41. The van der Waals surface area contributed by atoms with Gasteiger partial charge in [-0.2, -0.15) is 0 Å². The van der Waals surface area contributed by atoms with Crippen LogP contribution in [0.1, 0.15) is 46.1 Å². The summed E-state index contributed by atoms with van der Waals surface area (Å²) in [5.41, 5.74) is 0.992. The monoisotopic (exact) mass is 493 g/mol. The molecule has 0 radical (unpaired) electrons. The van der Waals surface area contributed by atoms with Crippen LogP contribution in [0.25, 0.3) is 0 Å². The molecular formula is C20H36IN3O3. The molecule has 0 bridgehead atoms. The molecule has 6 nitrogen and oxygen atoms in total. The Morgan fingerprint density at radius 2 is 1.59 bits per heavy atom. The Balaban J connectivity index is 0.00000676. The van der Waals surface area contributed by atoms with Crippen LogP contribution < -0.4 is 24.8 Å². The van der Waals surface area contributed by atoms with Gasteiger partial charge in [0.25, 0.3) is 0 Å². The molecule has 0 spiro atoms. The van der Waals surface area contributed by atoms with Gasteiger partial charge in [0.1, 0.15) is 0 Å². The molecule has 2 N–H and O–H groups in total. The Labute approximate surface area is 181 Å². The van der Waals surface area contributed by atoms with Crippen molar-refractivity contribution in [2.45, 2.75) is 53.1 Å². The summed E-state index contributed by atoms with van der Waals surface area (Å²) in [6.45, 7) is 10.1. The molecule has 0 aromatic heterocycles. The lowest BCUT2D eigenvalue weighted by Crippen LogP contribution is -2.42. The number of nitrogens with zero attached hydrogens (tertiary/aromatic N) is 1. The average molecular weight is 493 g/mol. The lowest BCUT2D eigenvalue weighted by molar-refractivity contribution is 0.324. The Morgan fingerprint density at radius 1 is 1.00 bits per heavy atom. The number of hydrogen-bond donors (Lipinski definition) is 2. The van der Waals surface area contributed by atoms with Gasteiger partial charge in [-0.3, -0.25) is 0 Å². The largest absolute Gasteiger partial charge is 0.493 e. The first-order valence-corrected chi connectivity index (χ1v) is 9.28. The zero-order valence-corrected chi connectivity index (χ0v) is 20.0. The molecule has 0 aliphatic rings. The van der Waals surface area contributed by atoms with E-state index in [4.69, 9.17) is 19.2 Å². The molecule has 156 valence electrons. The quantitative estimate of drug-likeness (QED) is 0.291. The van der Waals surface area contributed by atoms with Gasteiger partial charge in [0.05, 0.1) is 27.9 Å². The van der Waals surface area contributed by atoms with E-state index in [9.17, 15) is 0 Å². The maximum Gasteiger partial charge on any atom is 0.203 e. The third-order valence-electron chi connectivity index (χ3n) is 4.05. The lowest BCUT2D eigenvalue weighted by atomic mass is 10.0. The summed E-state index contributed by atoms with van der Waals surface area (Å²) in [5.74, 6) is 3.39. The van der Waals surface area contributed by atoms with Crippen molar-refractivity contribution in [1.29, 1.82) is 0 Å². The van der Waals surface area contributed by atoms with Crippen LogP contribution in [0.4, 0.5) is 0 Å². The van der Waals surface area contributed by atoms with E-state index >= 15 is 0 Å². The Kier molecular flexibility index (Phi) is 13.0. The van der Waals surface area contributed by atoms with E-state index in [1.54, 1.807) is 21.3 Å². The first-order chi connectivity index (χ1) is 12.4. The fourth-order valence-corrected chi connectivity index (χ4v) is 2.61. The summed E-state index contributed by atoms with van der Waals surface area (Å²) in [6, 6.07) is 4.22. The minimum atomic E-state index is 0. The molecule has 0 amide bonds. The highest BCUT2D eigenvalue weighted by atomic mass is 127. The summed E-state index contributed by atoms with van der Waals surface area (Å²) < 4.78 is 16.2. The van der Waals surface area contributed by atoms with E-state index < -0.39 is 0 Å². The number of methoxy groups -OCH3 is 3. The second kappa shape index (κ2) is 13.7. The zero-order chi connectivity index (χ0) is 19.5. The van der Waals surface area contributed by atoms with Crippen molar-refractivity contribution in [1.82, 2.24) is 10.6 Å². The molecule has 27 heavy (non-hydrogen) atoms. The second-order valence-corrected chi connectivity index (χ2v) is 6.75. The van der Waals surface area contributed by atoms with Gasteiger partial charge in [-0.05, 0) is 50.3 Å². The number of nitrogens with one attached hydrogen (secondary N) is 2. The molecule has 1 aromatic rings. The first kappa shape index (κ1) is 25.6. The van der Waals surface area contributed by atoms with Crippen molar-refractivity contribution < 1.29 is 14.2 Å². The normalized spacial score (nSPS) is 12.2. The number of ether oxygens (including phenoxy) is 3. The fraction of sp³-hybridized carbons (Fsp3) is 0.650. The van der Waals surface area contributed by atoms with Gasteiger partial charge in [0.2, 0.25) is 5.75 Å². The topological polar surface area (TPSA) is 64.1 Å². The molecule has 0 saturated carbocycles. The molecule has 0 aliphatic carbocycles. The highest BCUT2D eigenvalue weighted by Gasteiger charge is 2.13. The lowest BCUT2D eigenvalue weighted by Gasteiger charge is -2.19. The minimum absolute atomic E-state index is 0. The molecule has 0 heterocycles. The number of aliphatic imine (C=N–C) groups is 1. The summed E-state index contributed by atoms with van der Waals surface area (Å²) in [6.07, 6.45) is 2.31. The number of benzene rings is 1. The van der Waals surface area contributed by atoms with Crippen molar-refractivity contribution in [2.24, 2.45) is 10.9 Å². The molecule has 0 fully saturated rings. The number of halogens is 1. The number of guanidine groups is 1. The highest BCUT2D eigenvalue weighted by molar-refractivity contribution is 14.0. The SMILES string of the molecule is CCNC(=NCc1cc(OC)c(OC)c(OC)c1)NC(C)CCC(C)C.I. The summed E-state index contributed by atoms with van der Waals surface area (Å²) in [5, 5.41) is 6.78. The van der Waals surface area contributed by atoms with Crippen LogP contribution in [0.2, 0.25) is 0 Å². The van der Waals surface area contributed by atoms with Crippen LogP contribution >= 0.6 is 24.0 Å². The van der Waals surface area contributed by atoms with Crippen LogP contribution in [-0.2, 0) is 6.54 Å². The van der Waals surface area contributed by atoms with Crippen LogP contribution in [0.5, 0.6) is 17.2 Å². The van der Waals surface area contributed by atoms with Gasteiger partial charge in [-0.25, -0.2) is 4.99 Å². The van der Waals surface area contributed by atoms with Crippen LogP contribution in [-0.4, -0.2) is 39.9 Å². The number of rotatable bonds is 10. The molecule has 7 heteroatoms. The standard InChI is InChI=1S/C20H35N3O3.HI/c1-8-21-20(23-15(4)10-9-14(2)3)22-13-16-11-17(24-5)19(26-7)18(12-16)25-6;/h11-12,14-15H,8-10,13H2,1-7H3,(H2,21,22,23);1H.